The lowest BCUT2D eigenvalue weighted by atomic mass is 9.97. The monoisotopic (exact) mass is 298 g/mol. The van der Waals surface area contributed by atoms with Crippen LogP contribution in [0.15, 0.2) is 24.3 Å². The Balaban J connectivity index is 1.83. The van der Waals surface area contributed by atoms with Crippen molar-refractivity contribution in [2.75, 3.05) is 0 Å². The van der Waals surface area contributed by atoms with E-state index >= 15 is 0 Å². The summed E-state index contributed by atoms with van der Waals surface area (Å²) in [4.78, 5) is 15.1. The van der Waals surface area contributed by atoms with Crippen molar-refractivity contribution < 1.29 is 4.79 Å². The van der Waals surface area contributed by atoms with Crippen molar-refractivity contribution in [2.24, 2.45) is 0 Å². The van der Waals surface area contributed by atoms with Crippen LogP contribution in [0.3, 0.4) is 0 Å². The largest absolute Gasteiger partial charge is 0.293 e. The molecule has 1 aliphatic rings. The van der Waals surface area contributed by atoms with Gasteiger partial charge in [-0.05, 0) is 67.9 Å². The van der Waals surface area contributed by atoms with Gasteiger partial charge in [-0.2, -0.15) is 0 Å². The lowest BCUT2D eigenvalue weighted by Gasteiger charge is -2.08. The molecule has 1 heterocycles. The molecule has 0 amide bonds. The molecule has 1 aliphatic carbocycles. The van der Waals surface area contributed by atoms with Crippen molar-refractivity contribution in [3.05, 3.63) is 56.3 Å². The first kappa shape index (κ1) is 14.5. The van der Waals surface area contributed by atoms with Gasteiger partial charge >= 0.3 is 0 Å². The first-order valence-electron chi connectivity index (χ1n) is 7.85. The number of hydrogen-bond donors (Lipinski definition) is 0. The van der Waals surface area contributed by atoms with Crippen LogP contribution >= 0.6 is 11.3 Å². The molecule has 0 atom stereocenters. The number of hydrogen-bond acceptors (Lipinski definition) is 2. The summed E-state index contributed by atoms with van der Waals surface area (Å²) in [6.07, 6.45) is 6.73. The molecule has 21 heavy (non-hydrogen) atoms. The minimum absolute atomic E-state index is 0.283. The van der Waals surface area contributed by atoms with E-state index in [2.05, 4.69) is 38.1 Å². The number of rotatable bonds is 3. The van der Waals surface area contributed by atoms with Crippen LogP contribution in [0.2, 0.25) is 0 Å². The molecule has 3 rings (SSSR count). The summed E-state index contributed by atoms with van der Waals surface area (Å²) in [5.74, 6) is 0.283. The van der Waals surface area contributed by atoms with Crippen LogP contribution < -0.4 is 0 Å². The maximum Gasteiger partial charge on any atom is 0.177 e. The maximum atomic E-state index is 12.6. The van der Waals surface area contributed by atoms with Crippen LogP contribution in [0.5, 0.6) is 0 Å². The van der Waals surface area contributed by atoms with Crippen LogP contribution in [0.25, 0.3) is 0 Å². The Labute approximate surface area is 131 Å². The minimum Gasteiger partial charge on any atom is -0.293 e. The van der Waals surface area contributed by atoms with E-state index in [-0.39, 0.29) is 5.78 Å². The summed E-state index contributed by atoms with van der Waals surface area (Å²) in [6, 6.07) is 8.42. The number of aryl methyl sites for hydroxylation is 4. The van der Waals surface area contributed by atoms with Crippen LogP contribution in [-0.2, 0) is 19.3 Å². The highest BCUT2D eigenvalue weighted by Crippen LogP contribution is 2.30. The third-order valence-electron chi connectivity index (χ3n) is 4.50. The zero-order chi connectivity index (χ0) is 14.8. The number of fused-ring (bicyclic) bond motifs is 1. The molecule has 1 aromatic carbocycles. The number of carbonyl (C=O) groups is 1. The highest BCUT2D eigenvalue weighted by atomic mass is 32.1. The minimum atomic E-state index is 0.283. The molecule has 2 aromatic rings. The van der Waals surface area contributed by atoms with Crippen molar-refractivity contribution in [1.29, 1.82) is 0 Å². The summed E-state index contributed by atoms with van der Waals surface area (Å²) >= 11 is 1.74. The van der Waals surface area contributed by atoms with Gasteiger partial charge in [-0.1, -0.05) is 24.6 Å². The van der Waals surface area contributed by atoms with Gasteiger partial charge in [0.05, 0.1) is 4.88 Å². The fraction of sp³-hybridized carbons (Fsp3) is 0.421. The molecule has 1 nitrogen and oxygen atoms in total. The second-order valence-corrected chi connectivity index (χ2v) is 7.23. The standard InChI is InChI=1S/C19H22OS/c1-13-7-6-8-14(2)16(13)12-17(20)19-11-15-9-4-3-5-10-18(15)21-19/h6-8,11H,3-5,9-10,12H2,1-2H3. The molecule has 0 spiro atoms. The van der Waals surface area contributed by atoms with Crippen molar-refractivity contribution in [2.45, 2.75) is 52.4 Å². The first-order valence-corrected chi connectivity index (χ1v) is 8.66. The number of carbonyl (C=O) groups excluding carboxylic acids is 1. The Morgan fingerprint density at radius 3 is 2.57 bits per heavy atom. The quantitative estimate of drug-likeness (QED) is 0.572. The van der Waals surface area contributed by atoms with E-state index in [1.165, 1.54) is 46.4 Å². The fourth-order valence-electron chi connectivity index (χ4n) is 3.18. The molecular weight excluding hydrogens is 276 g/mol. The van der Waals surface area contributed by atoms with E-state index in [0.717, 1.165) is 17.7 Å². The zero-order valence-electron chi connectivity index (χ0n) is 12.9. The molecule has 0 bridgehead atoms. The van der Waals surface area contributed by atoms with Gasteiger partial charge in [0.2, 0.25) is 0 Å². The molecule has 1 aromatic heterocycles. The van der Waals surface area contributed by atoms with Crippen molar-refractivity contribution in [1.82, 2.24) is 0 Å². The van der Waals surface area contributed by atoms with Crippen LogP contribution in [0.1, 0.15) is 56.1 Å². The Kier molecular flexibility index (Phi) is 4.25. The van der Waals surface area contributed by atoms with Crippen molar-refractivity contribution in [3.63, 3.8) is 0 Å². The summed E-state index contributed by atoms with van der Waals surface area (Å²) in [5, 5.41) is 0. The van der Waals surface area contributed by atoms with Gasteiger partial charge in [-0.15, -0.1) is 11.3 Å². The van der Waals surface area contributed by atoms with Gasteiger partial charge in [-0.3, -0.25) is 4.79 Å². The van der Waals surface area contributed by atoms with Crippen LogP contribution in [-0.4, -0.2) is 5.78 Å². The van der Waals surface area contributed by atoms with Crippen LogP contribution in [0, 0.1) is 13.8 Å². The normalized spacial score (nSPS) is 14.6. The van der Waals surface area contributed by atoms with E-state index in [1.807, 2.05) is 0 Å². The van der Waals surface area contributed by atoms with Crippen LogP contribution in [0.4, 0.5) is 0 Å². The SMILES string of the molecule is Cc1cccc(C)c1CC(=O)c1cc2c(s1)CCCCC2. The van der Waals surface area contributed by atoms with E-state index in [4.69, 9.17) is 0 Å². The lowest BCUT2D eigenvalue weighted by molar-refractivity contribution is 0.0996. The summed E-state index contributed by atoms with van der Waals surface area (Å²) < 4.78 is 0. The molecule has 0 saturated carbocycles. The Bertz CT molecular complexity index is 622. The molecule has 0 aliphatic heterocycles. The van der Waals surface area contributed by atoms with Gasteiger partial charge in [0.15, 0.2) is 5.78 Å². The number of thiophene rings is 1. The number of Topliss-reactive ketones (excluding diaryl/α,β-unsaturated/α-hetero) is 1. The molecule has 2 heteroatoms. The fourth-order valence-corrected chi connectivity index (χ4v) is 4.37. The Morgan fingerprint density at radius 2 is 1.81 bits per heavy atom. The third-order valence-corrected chi connectivity index (χ3v) is 5.78. The highest BCUT2D eigenvalue weighted by molar-refractivity contribution is 7.14. The molecule has 0 radical (unpaired) electrons. The van der Waals surface area contributed by atoms with Gasteiger partial charge in [0, 0.05) is 11.3 Å². The average molecular weight is 298 g/mol. The molecule has 0 saturated heterocycles. The van der Waals surface area contributed by atoms with Gasteiger partial charge < -0.3 is 0 Å². The smallest absolute Gasteiger partial charge is 0.177 e. The third kappa shape index (κ3) is 3.11. The van der Waals surface area contributed by atoms with E-state index < -0.39 is 0 Å². The average Bonchev–Trinajstić information content (AvgIpc) is 2.74. The van der Waals surface area contributed by atoms with Gasteiger partial charge in [0.25, 0.3) is 0 Å². The Hall–Kier alpha value is -1.41. The van der Waals surface area contributed by atoms with Gasteiger partial charge in [-0.25, -0.2) is 0 Å². The molecular formula is C19H22OS. The number of ketones is 1. The second kappa shape index (κ2) is 6.15. The maximum absolute atomic E-state index is 12.6. The van der Waals surface area contributed by atoms with E-state index in [0.29, 0.717) is 6.42 Å². The van der Waals surface area contributed by atoms with Crippen molar-refractivity contribution >= 4 is 17.1 Å². The predicted octanol–water partition coefficient (Wildman–Crippen LogP) is 5.06. The highest BCUT2D eigenvalue weighted by Gasteiger charge is 2.17. The van der Waals surface area contributed by atoms with E-state index in [9.17, 15) is 4.79 Å². The molecule has 110 valence electrons. The molecule has 0 N–H and O–H groups in total. The predicted molar refractivity (Wildman–Crippen MR) is 89.5 cm³/mol. The van der Waals surface area contributed by atoms with Crippen molar-refractivity contribution in [3.8, 4) is 0 Å². The molecule has 0 fully saturated rings. The van der Waals surface area contributed by atoms with E-state index in [1.54, 1.807) is 11.3 Å². The zero-order valence-corrected chi connectivity index (χ0v) is 13.7. The molecule has 0 unspecified atom stereocenters. The second-order valence-electron chi connectivity index (χ2n) is 6.09. The Morgan fingerprint density at radius 1 is 1.10 bits per heavy atom. The topological polar surface area (TPSA) is 17.1 Å². The summed E-state index contributed by atoms with van der Waals surface area (Å²) in [6.45, 7) is 4.19. The lowest BCUT2D eigenvalue weighted by Crippen LogP contribution is -2.04. The summed E-state index contributed by atoms with van der Waals surface area (Å²) in [5.41, 5.74) is 5.08. The first-order chi connectivity index (χ1) is 10.1. The number of benzene rings is 1. The van der Waals surface area contributed by atoms with Gasteiger partial charge in [0.1, 0.15) is 0 Å². The summed E-state index contributed by atoms with van der Waals surface area (Å²) in [7, 11) is 0.